The van der Waals surface area contributed by atoms with Gasteiger partial charge in [0.2, 0.25) is 0 Å². The molecule has 0 bridgehead atoms. The van der Waals surface area contributed by atoms with Crippen LogP contribution in [0.25, 0.3) is 0 Å². The van der Waals surface area contributed by atoms with Crippen LogP contribution >= 0.6 is 0 Å². The highest BCUT2D eigenvalue weighted by atomic mass is 16.6. The number of hydrogen-bond acceptors (Lipinski definition) is 4. The molecule has 0 aromatic heterocycles. The number of ether oxygens (including phenoxy) is 3. The minimum atomic E-state index is -0.0862. The lowest BCUT2D eigenvalue weighted by atomic mass is 10.0. The minimum absolute atomic E-state index is 0.0862. The molecule has 0 radical (unpaired) electrons. The molecule has 0 saturated carbocycles. The Morgan fingerprint density at radius 2 is 1.76 bits per heavy atom. The van der Waals surface area contributed by atoms with E-state index in [4.69, 9.17) is 14.2 Å². The minimum Gasteiger partial charge on any atom is -0.497 e. The first-order valence-electron chi connectivity index (χ1n) is 10.4. The first-order valence-corrected chi connectivity index (χ1v) is 10.4. The van der Waals surface area contributed by atoms with Crippen LogP contribution in [0.5, 0.6) is 17.2 Å². The number of nitrogens with one attached hydrogen (secondary N) is 2. The van der Waals surface area contributed by atoms with E-state index in [2.05, 4.69) is 17.4 Å². The van der Waals surface area contributed by atoms with Crippen LogP contribution in [0.4, 0.5) is 0 Å². The maximum Gasteiger partial charge on any atom is 0.251 e. The summed E-state index contributed by atoms with van der Waals surface area (Å²) in [6, 6.07) is 13.8. The van der Waals surface area contributed by atoms with Crippen LogP contribution in [0.15, 0.2) is 42.5 Å². The molecule has 6 heteroatoms. The van der Waals surface area contributed by atoms with Crippen molar-refractivity contribution in [1.29, 1.82) is 0 Å². The molecule has 29 heavy (non-hydrogen) atoms. The highest BCUT2D eigenvalue weighted by molar-refractivity contribution is 5.94. The second-order valence-corrected chi connectivity index (χ2v) is 7.61. The number of benzene rings is 2. The molecule has 2 aromatic carbocycles. The molecular formula is C23H29N2O4+. The fourth-order valence-corrected chi connectivity index (χ4v) is 4.17. The molecule has 1 fully saturated rings. The quantitative estimate of drug-likeness (QED) is 0.783. The van der Waals surface area contributed by atoms with E-state index in [-0.39, 0.29) is 11.9 Å². The van der Waals surface area contributed by atoms with E-state index < -0.39 is 0 Å². The first-order chi connectivity index (χ1) is 14.2. The van der Waals surface area contributed by atoms with Gasteiger partial charge in [-0.2, -0.15) is 0 Å². The number of piperidine rings is 1. The van der Waals surface area contributed by atoms with Crippen LogP contribution in [0.2, 0.25) is 0 Å². The van der Waals surface area contributed by atoms with Crippen molar-refractivity contribution in [2.45, 2.75) is 25.3 Å². The second-order valence-electron chi connectivity index (χ2n) is 7.61. The van der Waals surface area contributed by atoms with E-state index in [1.165, 1.54) is 29.7 Å². The fourth-order valence-electron chi connectivity index (χ4n) is 4.17. The van der Waals surface area contributed by atoms with Gasteiger partial charge in [-0.25, -0.2) is 0 Å². The van der Waals surface area contributed by atoms with Crippen LogP contribution in [0.3, 0.4) is 0 Å². The number of methoxy groups -OCH3 is 1. The summed E-state index contributed by atoms with van der Waals surface area (Å²) in [5, 5.41) is 3.14. The van der Waals surface area contributed by atoms with Gasteiger partial charge >= 0.3 is 0 Å². The van der Waals surface area contributed by atoms with Crippen molar-refractivity contribution < 1.29 is 23.9 Å². The molecule has 1 amide bonds. The normalized spacial score (nSPS) is 17.4. The number of amides is 1. The highest BCUT2D eigenvalue weighted by Crippen LogP contribution is 2.30. The number of carbonyl (C=O) groups excluding carboxylic acids is 1. The first kappa shape index (κ1) is 19.6. The largest absolute Gasteiger partial charge is 0.497 e. The summed E-state index contributed by atoms with van der Waals surface area (Å²) in [5.41, 5.74) is 1.82. The van der Waals surface area contributed by atoms with Crippen LogP contribution in [0, 0.1) is 0 Å². The molecule has 154 valence electrons. The van der Waals surface area contributed by atoms with Crippen molar-refractivity contribution in [2.75, 3.05) is 40.0 Å². The van der Waals surface area contributed by atoms with Gasteiger partial charge in [0, 0.05) is 11.1 Å². The molecule has 2 N–H and O–H groups in total. The van der Waals surface area contributed by atoms with Crippen molar-refractivity contribution in [3.8, 4) is 17.2 Å². The van der Waals surface area contributed by atoms with Gasteiger partial charge in [-0.05, 0) is 61.7 Å². The number of fused-ring (bicyclic) bond motifs is 1. The Hall–Kier alpha value is -2.73. The van der Waals surface area contributed by atoms with Gasteiger partial charge < -0.3 is 24.4 Å². The number of rotatable bonds is 6. The number of carbonyl (C=O) groups is 1. The third-order valence-electron chi connectivity index (χ3n) is 5.78. The van der Waals surface area contributed by atoms with Crippen molar-refractivity contribution >= 4 is 5.91 Å². The summed E-state index contributed by atoms with van der Waals surface area (Å²) >= 11 is 0. The lowest BCUT2D eigenvalue weighted by Gasteiger charge is -2.32. The molecule has 1 saturated heterocycles. The highest BCUT2D eigenvalue weighted by Gasteiger charge is 2.27. The molecular weight excluding hydrogens is 368 g/mol. The van der Waals surface area contributed by atoms with Crippen molar-refractivity contribution in [1.82, 2.24) is 5.32 Å². The Balaban J connectivity index is 1.47. The van der Waals surface area contributed by atoms with E-state index in [1.807, 2.05) is 12.1 Å². The van der Waals surface area contributed by atoms with E-state index in [1.54, 1.807) is 25.3 Å². The Bertz CT molecular complexity index is 831. The van der Waals surface area contributed by atoms with Gasteiger partial charge in [-0.1, -0.05) is 0 Å². The van der Waals surface area contributed by atoms with Gasteiger partial charge in [0.1, 0.15) is 25.0 Å². The zero-order valence-corrected chi connectivity index (χ0v) is 16.9. The molecule has 0 aliphatic carbocycles. The molecule has 0 spiro atoms. The molecule has 2 heterocycles. The standard InChI is InChI=1S/C23H28N2O4/c1-27-19-8-5-17(6-9-19)20(25-11-3-2-4-12-25)16-24-23(26)18-7-10-21-22(15-18)29-14-13-28-21/h5-10,15,20H,2-4,11-14,16H2,1H3,(H,24,26)/p+1/t20-/m1/s1. The molecule has 6 nitrogen and oxygen atoms in total. The molecule has 4 rings (SSSR count). The van der Waals surface area contributed by atoms with Gasteiger partial charge in [-0.3, -0.25) is 4.79 Å². The predicted molar refractivity (Wildman–Crippen MR) is 110 cm³/mol. The van der Waals surface area contributed by atoms with Crippen molar-refractivity contribution in [2.24, 2.45) is 0 Å². The van der Waals surface area contributed by atoms with Gasteiger partial charge in [0.25, 0.3) is 5.91 Å². The molecule has 1 atom stereocenters. The van der Waals surface area contributed by atoms with Gasteiger partial charge in [0.05, 0.1) is 26.7 Å². The smallest absolute Gasteiger partial charge is 0.251 e. The average Bonchev–Trinajstić information content (AvgIpc) is 2.80. The maximum atomic E-state index is 12.8. The summed E-state index contributed by atoms with van der Waals surface area (Å²) in [6.07, 6.45) is 3.76. The van der Waals surface area contributed by atoms with E-state index in [9.17, 15) is 4.79 Å². The molecule has 2 aromatic rings. The maximum absolute atomic E-state index is 12.8. The molecule has 2 aliphatic rings. The Labute approximate surface area is 171 Å². The van der Waals surface area contributed by atoms with Crippen LogP contribution in [-0.2, 0) is 0 Å². The van der Waals surface area contributed by atoms with Gasteiger partial charge in [0.15, 0.2) is 11.5 Å². The summed E-state index contributed by atoms with van der Waals surface area (Å²) in [5.74, 6) is 2.09. The predicted octanol–water partition coefficient (Wildman–Crippen LogP) is 2.01. The molecule has 2 aliphatic heterocycles. The number of quaternary nitrogens is 1. The third kappa shape index (κ3) is 4.65. The zero-order valence-electron chi connectivity index (χ0n) is 16.9. The second kappa shape index (κ2) is 9.18. The van der Waals surface area contributed by atoms with Crippen LogP contribution in [0.1, 0.15) is 41.2 Å². The van der Waals surface area contributed by atoms with E-state index in [0.717, 1.165) is 18.8 Å². The summed E-state index contributed by atoms with van der Waals surface area (Å²) in [6.45, 7) is 3.92. The Morgan fingerprint density at radius 3 is 2.48 bits per heavy atom. The van der Waals surface area contributed by atoms with Crippen LogP contribution in [-0.4, -0.2) is 45.9 Å². The lowest BCUT2D eigenvalue weighted by Crippen LogP contribution is -3.13. The third-order valence-corrected chi connectivity index (χ3v) is 5.78. The number of likely N-dealkylation sites (tertiary alicyclic amines) is 1. The Kier molecular flexibility index (Phi) is 6.20. The topological polar surface area (TPSA) is 61.2 Å². The number of hydrogen-bond donors (Lipinski definition) is 2. The van der Waals surface area contributed by atoms with Crippen molar-refractivity contribution in [3.63, 3.8) is 0 Å². The zero-order chi connectivity index (χ0) is 20.1. The fraction of sp³-hybridized carbons (Fsp3) is 0.435. The summed E-state index contributed by atoms with van der Waals surface area (Å²) in [7, 11) is 1.68. The molecule has 0 unspecified atom stereocenters. The van der Waals surface area contributed by atoms with E-state index >= 15 is 0 Å². The lowest BCUT2D eigenvalue weighted by molar-refractivity contribution is -0.935. The van der Waals surface area contributed by atoms with Crippen LogP contribution < -0.4 is 24.4 Å². The van der Waals surface area contributed by atoms with Crippen molar-refractivity contribution in [3.05, 3.63) is 53.6 Å². The summed E-state index contributed by atoms with van der Waals surface area (Å²) < 4.78 is 16.4. The van der Waals surface area contributed by atoms with E-state index in [0.29, 0.717) is 36.8 Å². The average molecular weight is 397 g/mol. The SMILES string of the molecule is COc1ccc([C@@H](CNC(=O)c2ccc3c(c2)OCCO3)[NH+]2CCCCC2)cc1. The Morgan fingerprint density at radius 1 is 1.03 bits per heavy atom. The monoisotopic (exact) mass is 397 g/mol. The van der Waals surface area contributed by atoms with Gasteiger partial charge in [-0.15, -0.1) is 0 Å². The summed E-state index contributed by atoms with van der Waals surface area (Å²) in [4.78, 5) is 14.3.